The number of nitrogens with one attached hydrogen (secondary N) is 1. The van der Waals surface area contributed by atoms with Gasteiger partial charge in [0.2, 0.25) is 5.88 Å². The monoisotopic (exact) mass is 142 g/mol. The standard InChI is InChI=1S/C5H8N2O.C2H6/c1-4-7-3-5(6-2)8-4;1-2/h3,6H,1-2H3;1-2H3. The van der Waals surface area contributed by atoms with Crippen molar-refractivity contribution in [1.29, 1.82) is 0 Å². The summed E-state index contributed by atoms with van der Waals surface area (Å²) >= 11 is 0. The van der Waals surface area contributed by atoms with Gasteiger partial charge in [0.1, 0.15) is 0 Å². The molecule has 0 saturated carbocycles. The summed E-state index contributed by atoms with van der Waals surface area (Å²) in [5.41, 5.74) is 0. The van der Waals surface area contributed by atoms with Crippen molar-refractivity contribution in [3.05, 3.63) is 12.1 Å². The fourth-order valence-electron chi connectivity index (χ4n) is 0.477. The molecule has 0 unspecified atom stereocenters. The molecule has 0 aliphatic carbocycles. The maximum Gasteiger partial charge on any atom is 0.213 e. The van der Waals surface area contributed by atoms with Gasteiger partial charge in [-0.05, 0) is 0 Å². The first kappa shape index (κ1) is 9.01. The Labute approximate surface area is 61.5 Å². The molecule has 1 aromatic heterocycles. The van der Waals surface area contributed by atoms with E-state index in [1.165, 1.54) is 0 Å². The van der Waals surface area contributed by atoms with Gasteiger partial charge in [0, 0.05) is 14.0 Å². The lowest BCUT2D eigenvalue weighted by Gasteiger charge is -1.85. The van der Waals surface area contributed by atoms with Crippen molar-refractivity contribution < 1.29 is 4.42 Å². The van der Waals surface area contributed by atoms with E-state index in [0.717, 1.165) is 0 Å². The molecule has 1 rings (SSSR count). The molecule has 0 atom stereocenters. The van der Waals surface area contributed by atoms with Crippen LogP contribution < -0.4 is 5.32 Å². The molecule has 0 fully saturated rings. The first-order valence-electron chi connectivity index (χ1n) is 3.43. The van der Waals surface area contributed by atoms with Crippen LogP contribution in [0.25, 0.3) is 0 Å². The molecule has 10 heavy (non-hydrogen) atoms. The lowest BCUT2D eigenvalue weighted by atomic mass is 10.8. The van der Waals surface area contributed by atoms with E-state index in [1.54, 1.807) is 20.2 Å². The first-order chi connectivity index (χ1) is 4.83. The Hall–Kier alpha value is -0.990. The van der Waals surface area contributed by atoms with Crippen LogP contribution in [-0.2, 0) is 0 Å². The Morgan fingerprint density at radius 1 is 1.50 bits per heavy atom. The lowest BCUT2D eigenvalue weighted by molar-refractivity contribution is 0.535. The second-order valence-electron chi connectivity index (χ2n) is 1.49. The van der Waals surface area contributed by atoms with Crippen molar-refractivity contribution in [1.82, 2.24) is 4.98 Å². The van der Waals surface area contributed by atoms with Crippen LogP contribution in [0.4, 0.5) is 5.88 Å². The number of aromatic nitrogens is 1. The highest BCUT2D eigenvalue weighted by Crippen LogP contribution is 2.05. The minimum Gasteiger partial charge on any atom is -0.426 e. The molecule has 0 aliphatic rings. The zero-order valence-electron chi connectivity index (χ0n) is 6.93. The molecule has 0 saturated heterocycles. The van der Waals surface area contributed by atoms with Gasteiger partial charge < -0.3 is 9.73 Å². The fraction of sp³-hybridized carbons (Fsp3) is 0.571. The van der Waals surface area contributed by atoms with Gasteiger partial charge in [-0.1, -0.05) is 13.8 Å². The highest BCUT2D eigenvalue weighted by Gasteiger charge is 1.91. The van der Waals surface area contributed by atoms with Crippen LogP contribution in [0.3, 0.4) is 0 Å². The molecule has 0 bridgehead atoms. The van der Waals surface area contributed by atoms with Crippen molar-refractivity contribution in [2.24, 2.45) is 0 Å². The van der Waals surface area contributed by atoms with Gasteiger partial charge in [0.25, 0.3) is 0 Å². The van der Waals surface area contributed by atoms with Gasteiger partial charge in [-0.2, -0.15) is 0 Å². The molecule has 0 spiro atoms. The molecule has 0 radical (unpaired) electrons. The summed E-state index contributed by atoms with van der Waals surface area (Å²) < 4.78 is 5.01. The van der Waals surface area contributed by atoms with E-state index in [1.807, 2.05) is 13.8 Å². The molecule has 1 N–H and O–H groups in total. The molecule has 58 valence electrons. The summed E-state index contributed by atoms with van der Waals surface area (Å²) in [5, 5.41) is 2.82. The highest BCUT2D eigenvalue weighted by molar-refractivity contribution is 5.25. The molecular weight excluding hydrogens is 128 g/mol. The molecule has 1 heterocycles. The van der Waals surface area contributed by atoms with Gasteiger partial charge >= 0.3 is 0 Å². The van der Waals surface area contributed by atoms with Crippen molar-refractivity contribution in [2.75, 3.05) is 12.4 Å². The van der Waals surface area contributed by atoms with Gasteiger partial charge in [-0.3, -0.25) is 0 Å². The van der Waals surface area contributed by atoms with Crippen LogP contribution in [0.15, 0.2) is 10.6 Å². The molecule has 3 nitrogen and oxygen atoms in total. The van der Waals surface area contributed by atoms with E-state index in [-0.39, 0.29) is 0 Å². The Balaban J connectivity index is 0.000000371. The highest BCUT2D eigenvalue weighted by atomic mass is 16.4. The number of nitrogens with zero attached hydrogens (tertiary/aromatic N) is 1. The van der Waals surface area contributed by atoms with Crippen LogP contribution in [-0.4, -0.2) is 12.0 Å². The Kier molecular flexibility index (Phi) is 4.37. The van der Waals surface area contributed by atoms with Gasteiger partial charge in [-0.15, -0.1) is 0 Å². The number of aryl methyl sites for hydroxylation is 1. The number of anilines is 1. The summed E-state index contributed by atoms with van der Waals surface area (Å²) in [4.78, 5) is 3.86. The van der Waals surface area contributed by atoms with E-state index in [0.29, 0.717) is 11.8 Å². The van der Waals surface area contributed by atoms with E-state index in [9.17, 15) is 0 Å². The molecule has 0 amide bonds. The minimum atomic E-state index is 0.689. The van der Waals surface area contributed by atoms with Crippen LogP contribution in [0.2, 0.25) is 0 Å². The minimum absolute atomic E-state index is 0.689. The summed E-state index contributed by atoms with van der Waals surface area (Å²) in [6, 6.07) is 0. The second-order valence-corrected chi connectivity index (χ2v) is 1.49. The summed E-state index contributed by atoms with van der Waals surface area (Å²) in [6.45, 7) is 5.81. The van der Waals surface area contributed by atoms with Gasteiger partial charge in [-0.25, -0.2) is 4.98 Å². The third kappa shape index (κ3) is 2.53. The van der Waals surface area contributed by atoms with Gasteiger partial charge in [0.05, 0.1) is 6.20 Å². The summed E-state index contributed by atoms with van der Waals surface area (Å²) in [5.74, 6) is 1.40. The molecule has 1 aromatic rings. The van der Waals surface area contributed by atoms with Crippen molar-refractivity contribution in [3.8, 4) is 0 Å². The Morgan fingerprint density at radius 2 is 2.10 bits per heavy atom. The Bertz CT molecular complexity index is 172. The fourth-order valence-corrected chi connectivity index (χ4v) is 0.477. The average Bonchev–Trinajstić information content (AvgIpc) is 2.40. The average molecular weight is 142 g/mol. The lowest BCUT2D eigenvalue weighted by Crippen LogP contribution is -1.81. The maximum atomic E-state index is 5.01. The normalized spacial score (nSPS) is 8.00. The first-order valence-corrected chi connectivity index (χ1v) is 3.43. The number of oxazole rings is 1. The Morgan fingerprint density at radius 3 is 2.30 bits per heavy atom. The zero-order chi connectivity index (χ0) is 7.98. The third-order valence-electron chi connectivity index (χ3n) is 0.868. The van der Waals surface area contributed by atoms with Crippen LogP contribution >= 0.6 is 0 Å². The van der Waals surface area contributed by atoms with E-state index < -0.39 is 0 Å². The number of hydrogen-bond acceptors (Lipinski definition) is 3. The van der Waals surface area contributed by atoms with E-state index >= 15 is 0 Å². The zero-order valence-corrected chi connectivity index (χ0v) is 6.93. The second kappa shape index (κ2) is 4.85. The topological polar surface area (TPSA) is 38.1 Å². The van der Waals surface area contributed by atoms with Crippen molar-refractivity contribution >= 4 is 5.88 Å². The van der Waals surface area contributed by atoms with Gasteiger partial charge in [0.15, 0.2) is 5.89 Å². The number of rotatable bonds is 1. The third-order valence-corrected chi connectivity index (χ3v) is 0.868. The quantitative estimate of drug-likeness (QED) is 0.652. The SMILES string of the molecule is CC.CNc1cnc(C)o1. The van der Waals surface area contributed by atoms with Crippen LogP contribution in [0, 0.1) is 6.92 Å². The van der Waals surface area contributed by atoms with Crippen LogP contribution in [0.1, 0.15) is 19.7 Å². The van der Waals surface area contributed by atoms with Crippen molar-refractivity contribution in [2.45, 2.75) is 20.8 Å². The van der Waals surface area contributed by atoms with Crippen LogP contribution in [0.5, 0.6) is 0 Å². The summed E-state index contributed by atoms with van der Waals surface area (Å²) in [6.07, 6.45) is 1.65. The molecule has 3 heteroatoms. The summed E-state index contributed by atoms with van der Waals surface area (Å²) in [7, 11) is 1.79. The number of hydrogen-bond donors (Lipinski definition) is 1. The predicted octanol–water partition coefficient (Wildman–Crippen LogP) is 2.05. The maximum absolute atomic E-state index is 5.01. The largest absolute Gasteiger partial charge is 0.426 e. The predicted molar refractivity (Wildman–Crippen MR) is 42.1 cm³/mol. The molecule has 0 aromatic carbocycles. The van der Waals surface area contributed by atoms with E-state index in [4.69, 9.17) is 4.42 Å². The molecular formula is C7H14N2O. The molecule has 0 aliphatic heterocycles. The van der Waals surface area contributed by atoms with E-state index in [2.05, 4.69) is 10.3 Å². The van der Waals surface area contributed by atoms with Crippen molar-refractivity contribution in [3.63, 3.8) is 0 Å². The smallest absolute Gasteiger partial charge is 0.213 e.